The number of hydrazone groups is 1. The number of hydrogen-bond acceptors (Lipinski definition) is 6. The van der Waals surface area contributed by atoms with Crippen molar-refractivity contribution < 1.29 is 27.4 Å². The predicted molar refractivity (Wildman–Crippen MR) is 113 cm³/mol. The SMILES string of the molecule is CC1C(=O)NN=C2COc3cc(-c4cccc(OC(F)(F)F)c4)c(NC4CCC4)cc3N21. The largest absolute Gasteiger partial charge is 0.573 e. The lowest BCUT2D eigenvalue weighted by atomic mass is 9.91. The Kier molecular flexibility index (Phi) is 4.87. The third-order valence-electron chi connectivity index (χ3n) is 5.90. The molecule has 0 saturated heterocycles. The van der Waals surface area contributed by atoms with Gasteiger partial charge in [0.1, 0.15) is 24.1 Å². The number of fused-ring (bicyclic) bond motifs is 3. The predicted octanol–water partition coefficient (Wildman–Crippen LogP) is 4.25. The van der Waals surface area contributed by atoms with E-state index < -0.39 is 12.4 Å². The van der Waals surface area contributed by atoms with Crippen molar-refractivity contribution in [3.05, 3.63) is 36.4 Å². The normalized spacial score (nSPS) is 20.2. The molecular weight excluding hydrogens is 425 g/mol. The molecule has 2 aliphatic heterocycles. The molecule has 10 heteroatoms. The van der Waals surface area contributed by atoms with Gasteiger partial charge in [0.05, 0.1) is 5.69 Å². The molecule has 1 atom stereocenters. The molecule has 2 aromatic rings. The van der Waals surface area contributed by atoms with Crippen LogP contribution in [0.25, 0.3) is 11.1 Å². The Bertz CT molecular complexity index is 1100. The number of halogens is 3. The summed E-state index contributed by atoms with van der Waals surface area (Å²) in [6.45, 7) is 1.95. The van der Waals surface area contributed by atoms with E-state index in [4.69, 9.17) is 4.74 Å². The highest BCUT2D eigenvalue weighted by Gasteiger charge is 2.36. The Morgan fingerprint density at radius 1 is 1.25 bits per heavy atom. The molecule has 0 bridgehead atoms. The second kappa shape index (κ2) is 7.61. The number of ether oxygens (including phenoxy) is 2. The number of nitrogens with zero attached hydrogens (tertiary/aromatic N) is 2. The van der Waals surface area contributed by atoms with Gasteiger partial charge in [-0.05, 0) is 56.0 Å². The smallest absolute Gasteiger partial charge is 0.483 e. The highest BCUT2D eigenvalue weighted by atomic mass is 19.4. The first-order chi connectivity index (χ1) is 15.3. The minimum Gasteiger partial charge on any atom is -0.483 e. The van der Waals surface area contributed by atoms with Crippen molar-refractivity contribution >= 4 is 23.1 Å². The summed E-state index contributed by atoms with van der Waals surface area (Å²) in [5.74, 6) is 0.601. The van der Waals surface area contributed by atoms with Crippen LogP contribution in [0.15, 0.2) is 41.5 Å². The molecule has 2 aromatic carbocycles. The van der Waals surface area contributed by atoms with Crippen LogP contribution in [0.5, 0.6) is 11.5 Å². The van der Waals surface area contributed by atoms with E-state index in [0.717, 1.165) is 24.9 Å². The number of nitrogens with one attached hydrogen (secondary N) is 2. The molecule has 168 valence electrons. The Hall–Kier alpha value is -3.43. The van der Waals surface area contributed by atoms with Crippen LogP contribution in [0.4, 0.5) is 24.5 Å². The van der Waals surface area contributed by atoms with Crippen LogP contribution in [0.3, 0.4) is 0 Å². The molecule has 7 nitrogen and oxygen atoms in total. The number of anilines is 2. The van der Waals surface area contributed by atoms with E-state index in [1.54, 1.807) is 19.1 Å². The van der Waals surface area contributed by atoms with E-state index in [1.165, 1.54) is 18.2 Å². The second-order valence-electron chi connectivity index (χ2n) is 8.05. The standard InChI is InChI=1S/C22H21F3N4O3/c1-12-21(30)28-27-20-11-31-19-9-16(13-4-2-7-15(8-13)32-22(23,24)25)17(10-18(19)29(12)20)26-14-5-3-6-14/h2,4,7-10,12,14,26H,3,5-6,11H2,1H3,(H,28,30). The summed E-state index contributed by atoms with van der Waals surface area (Å²) in [5.41, 5.74) is 5.18. The first-order valence-corrected chi connectivity index (χ1v) is 10.4. The van der Waals surface area contributed by atoms with Crippen molar-refractivity contribution in [3.8, 4) is 22.6 Å². The Labute approximate surface area is 182 Å². The quantitative estimate of drug-likeness (QED) is 0.735. The van der Waals surface area contributed by atoms with Crippen molar-refractivity contribution in [2.75, 3.05) is 16.8 Å². The van der Waals surface area contributed by atoms with Crippen molar-refractivity contribution in [1.29, 1.82) is 0 Å². The van der Waals surface area contributed by atoms with Gasteiger partial charge < -0.3 is 19.7 Å². The van der Waals surface area contributed by atoms with Crippen molar-refractivity contribution in [1.82, 2.24) is 5.43 Å². The minimum absolute atomic E-state index is 0.170. The van der Waals surface area contributed by atoms with Gasteiger partial charge in [-0.25, -0.2) is 5.43 Å². The zero-order valence-electron chi connectivity index (χ0n) is 17.2. The van der Waals surface area contributed by atoms with E-state index in [1.807, 2.05) is 11.0 Å². The fourth-order valence-corrected chi connectivity index (χ4v) is 4.06. The van der Waals surface area contributed by atoms with E-state index in [9.17, 15) is 18.0 Å². The minimum atomic E-state index is -4.77. The summed E-state index contributed by atoms with van der Waals surface area (Å²) < 4.78 is 48.2. The Morgan fingerprint density at radius 2 is 2.06 bits per heavy atom. The number of amides is 1. The number of rotatable bonds is 4. The van der Waals surface area contributed by atoms with Crippen molar-refractivity contribution in [3.63, 3.8) is 0 Å². The van der Waals surface area contributed by atoms with Gasteiger partial charge in [-0.15, -0.1) is 13.2 Å². The highest BCUT2D eigenvalue weighted by molar-refractivity contribution is 6.10. The molecule has 32 heavy (non-hydrogen) atoms. The van der Waals surface area contributed by atoms with Crippen LogP contribution in [0, 0.1) is 0 Å². The summed E-state index contributed by atoms with van der Waals surface area (Å²) in [6.07, 6.45) is -1.62. The lowest BCUT2D eigenvalue weighted by Crippen LogP contribution is -2.55. The van der Waals surface area contributed by atoms with Gasteiger partial charge in [0.15, 0.2) is 5.84 Å². The maximum Gasteiger partial charge on any atom is 0.573 e. The number of hydrogen-bond donors (Lipinski definition) is 2. The lowest BCUT2D eigenvalue weighted by molar-refractivity contribution is -0.274. The maximum absolute atomic E-state index is 12.7. The number of carbonyl (C=O) groups is 1. The number of amidine groups is 1. The van der Waals surface area contributed by atoms with E-state index in [0.29, 0.717) is 28.4 Å². The molecule has 0 spiro atoms. The van der Waals surface area contributed by atoms with Gasteiger partial charge in [-0.1, -0.05) is 12.1 Å². The second-order valence-corrected chi connectivity index (χ2v) is 8.05. The van der Waals surface area contributed by atoms with Crippen LogP contribution in [0.2, 0.25) is 0 Å². The van der Waals surface area contributed by atoms with Gasteiger partial charge in [0, 0.05) is 17.3 Å². The number of carbonyl (C=O) groups excluding carboxylic acids is 1. The van der Waals surface area contributed by atoms with Gasteiger partial charge in [0.25, 0.3) is 5.91 Å². The molecule has 2 N–H and O–H groups in total. The molecule has 2 heterocycles. The van der Waals surface area contributed by atoms with Crippen molar-refractivity contribution in [2.45, 2.75) is 44.6 Å². The Morgan fingerprint density at radius 3 is 2.78 bits per heavy atom. The summed E-state index contributed by atoms with van der Waals surface area (Å²) in [6, 6.07) is 9.34. The first-order valence-electron chi connectivity index (χ1n) is 10.4. The molecule has 1 amide bonds. The average molecular weight is 446 g/mol. The summed E-state index contributed by atoms with van der Waals surface area (Å²) in [5, 5.41) is 7.60. The van der Waals surface area contributed by atoms with E-state index >= 15 is 0 Å². The van der Waals surface area contributed by atoms with Crippen LogP contribution >= 0.6 is 0 Å². The fourth-order valence-electron chi connectivity index (χ4n) is 4.06. The van der Waals surface area contributed by atoms with Crippen LogP contribution in [0.1, 0.15) is 26.2 Å². The molecule has 1 unspecified atom stereocenters. The summed E-state index contributed by atoms with van der Waals surface area (Å²) in [4.78, 5) is 14.0. The monoisotopic (exact) mass is 446 g/mol. The summed E-state index contributed by atoms with van der Waals surface area (Å²) >= 11 is 0. The van der Waals surface area contributed by atoms with Crippen LogP contribution in [-0.4, -0.2) is 36.8 Å². The molecular formula is C22H21F3N4O3. The van der Waals surface area contributed by atoms with Gasteiger partial charge in [-0.2, -0.15) is 5.10 Å². The van der Waals surface area contributed by atoms with Crippen LogP contribution < -0.4 is 25.1 Å². The maximum atomic E-state index is 12.7. The molecule has 3 aliphatic rings. The zero-order valence-corrected chi connectivity index (χ0v) is 17.2. The first kappa shape index (κ1) is 20.5. The Balaban J connectivity index is 1.59. The third kappa shape index (κ3) is 3.80. The lowest BCUT2D eigenvalue weighted by Gasteiger charge is -2.39. The van der Waals surface area contributed by atoms with Gasteiger partial charge in [0.2, 0.25) is 0 Å². The molecule has 0 radical (unpaired) electrons. The summed E-state index contributed by atoms with van der Waals surface area (Å²) in [7, 11) is 0. The van der Waals surface area contributed by atoms with Gasteiger partial charge >= 0.3 is 6.36 Å². The van der Waals surface area contributed by atoms with Gasteiger partial charge in [-0.3, -0.25) is 4.79 Å². The van der Waals surface area contributed by atoms with E-state index in [-0.39, 0.29) is 24.3 Å². The topological polar surface area (TPSA) is 75.2 Å². The molecule has 0 aromatic heterocycles. The number of alkyl halides is 3. The fraction of sp³-hybridized carbons (Fsp3) is 0.364. The van der Waals surface area contributed by atoms with E-state index in [2.05, 4.69) is 20.6 Å². The molecule has 1 aliphatic carbocycles. The molecule has 1 fully saturated rings. The van der Waals surface area contributed by atoms with Crippen molar-refractivity contribution in [2.24, 2.45) is 5.10 Å². The zero-order chi connectivity index (χ0) is 22.5. The molecule has 1 saturated carbocycles. The number of benzene rings is 2. The molecule has 5 rings (SSSR count). The average Bonchev–Trinajstić information content (AvgIpc) is 2.71. The van der Waals surface area contributed by atoms with Crippen LogP contribution in [-0.2, 0) is 4.79 Å². The highest BCUT2D eigenvalue weighted by Crippen LogP contribution is 2.44. The third-order valence-corrected chi connectivity index (χ3v) is 5.90.